The molecule has 4 rings (SSSR count). The Bertz CT molecular complexity index is 1280. The smallest absolute Gasteiger partial charge is 0.318 e. The van der Waals surface area contributed by atoms with Crippen molar-refractivity contribution in [1.29, 1.82) is 0 Å². The summed E-state index contributed by atoms with van der Waals surface area (Å²) < 4.78 is 54.2. The zero-order valence-corrected chi connectivity index (χ0v) is 18.4. The predicted octanol–water partition coefficient (Wildman–Crippen LogP) is 6.49. The SMILES string of the molecule is Cc1cc(/C=C2\SC(=O)N(Cc3ccc(F)cc3)C2=O)c(C)n1-c1cccc(C(F)(F)F)c1. The number of aryl methyl sites for hydroxylation is 1. The van der Waals surface area contributed by atoms with Gasteiger partial charge in [-0.05, 0) is 79.2 Å². The van der Waals surface area contributed by atoms with Crippen molar-refractivity contribution in [3.8, 4) is 5.69 Å². The molecule has 0 unspecified atom stereocenters. The van der Waals surface area contributed by atoms with Crippen LogP contribution in [0.3, 0.4) is 0 Å². The van der Waals surface area contributed by atoms with Gasteiger partial charge in [-0.25, -0.2) is 4.39 Å². The Morgan fingerprint density at radius 2 is 1.70 bits per heavy atom. The van der Waals surface area contributed by atoms with Crippen molar-refractivity contribution in [3.05, 3.63) is 93.4 Å². The number of alkyl halides is 3. The zero-order chi connectivity index (χ0) is 23.9. The molecule has 0 N–H and O–H groups in total. The standard InChI is InChI=1S/C24H18F4N2O2S/c1-14-10-17(15(2)30(14)20-5-3-4-18(12-20)24(26,27)28)11-21-22(31)29(23(32)33-21)13-16-6-8-19(25)9-7-16/h3-12H,13H2,1-2H3/b21-11-. The van der Waals surface area contributed by atoms with Crippen LogP contribution in [0.1, 0.15) is 28.1 Å². The van der Waals surface area contributed by atoms with Gasteiger partial charge in [0, 0.05) is 17.1 Å². The monoisotopic (exact) mass is 474 g/mol. The predicted molar refractivity (Wildman–Crippen MR) is 118 cm³/mol. The Hall–Kier alpha value is -3.33. The second kappa shape index (κ2) is 8.55. The first-order valence-corrected chi connectivity index (χ1v) is 10.7. The molecular formula is C24H18F4N2O2S. The van der Waals surface area contributed by atoms with E-state index in [1.165, 1.54) is 30.3 Å². The van der Waals surface area contributed by atoms with E-state index in [1.807, 2.05) is 0 Å². The lowest BCUT2D eigenvalue weighted by Crippen LogP contribution is -2.27. The van der Waals surface area contributed by atoms with Crippen molar-refractivity contribution in [3.63, 3.8) is 0 Å². The maximum atomic E-state index is 13.1. The van der Waals surface area contributed by atoms with Crippen molar-refractivity contribution < 1.29 is 27.2 Å². The van der Waals surface area contributed by atoms with Crippen LogP contribution in [-0.4, -0.2) is 20.6 Å². The second-order valence-corrected chi connectivity index (χ2v) is 8.60. The van der Waals surface area contributed by atoms with E-state index in [4.69, 9.17) is 0 Å². The van der Waals surface area contributed by atoms with Crippen LogP contribution < -0.4 is 0 Å². The number of imide groups is 1. The van der Waals surface area contributed by atoms with Crippen molar-refractivity contribution in [2.24, 2.45) is 0 Å². The van der Waals surface area contributed by atoms with E-state index >= 15 is 0 Å². The molecule has 3 aromatic rings. The molecule has 0 spiro atoms. The van der Waals surface area contributed by atoms with Gasteiger partial charge in [0.1, 0.15) is 5.82 Å². The number of benzene rings is 2. The average molecular weight is 474 g/mol. The summed E-state index contributed by atoms with van der Waals surface area (Å²) in [5.74, 6) is -0.887. The summed E-state index contributed by atoms with van der Waals surface area (Å²) in [4.78, 5) is 26.5. The number of amides is 2. The molecule has 1 aliphatic rings. The number of carbonyl (C=O) groups is 2. The molecule has 33 heavy (non-hydrogen) atoms. The van der Waals surface area contributed by atoms with Gasteiger partial charge >= 0.3 is 6.18 Å². The van der Waals surface area contributed by atoms with E-state index in [2.05, 4.69) is 0 Å². The molecule has 170 valence electrons. The lowest BCUT2D eigenvalue weighted by Gasteiger charge is -2.13. The van der Waals surface area contributed by atoms with Crippen molar-refractivity contribution in [2.45, 2.75) is 26.6 Å². The molecule has 0 radical (unpaired) electrons. The molecule has 2 heterocycles. The normalized spacial score (nSPS) is 15.7. The highest BCUT2D eigenvalue weighted by Crippen LogP contribution is 2.35. The fraction of sp³-hybridized carbons (Fsp3) is 0.167. The first-order valence-electron chi connectivity index (χ1n) is 9.91. The largest absolute Gasteiger partial charge is 0.416 e. The van der Waals surface area contributed by atoms with Gasteiger partial charge in [0.15, 0.2) is 0 Å². The quantitative estimate of drug-likeness (QED) is 0.321. The fourth-order valence-electron chi connectivity index (χ4n) is 3.70. The summed E-state index contributed by atoms with van der Waals surface area (Å²) in [6, 6.07) is 12.3. The van der Waals surface area contributed by atoms with E-state index in [9.17, 15) is 27.2 Å². The molecule has 0 aliphatic carbocycles. The van der Waals surface area contributed by atoms with Crippen molar-refractivity contribution in [1.82, 2.24) is 9.47 Å². The molecule has 2 amide bonds. The van der Waals surface area contributed by atoms with Crippen LogP contribution in [0.15, 0.2) is 59.5 Å². The summed E-state index contributed by atoms with van der Waals surface area (Å²) in [7, 11) is 0. The Kier molecular flexibility index (Phi) is 5.92. The number of halogens is 4. The minimum absolute atomic E-state index is 0.0194. The minimum Gasteiger partial charge on any atom is -0.318 e. The Morgan fingerprint density at radius 1 is 1.00 bits per heavy atom. The first-order chi connectivity index (χ1) is 15.5. The minimum atomic E-state index is -4.46. The first kappa shape index (κ1) is 22.8. The lowest BCUT2D eigenvalue weighted by molar-refractivity contribution is -0.137. The van der Waals surface area contributed by atoms with Crippen LogP contribution in [0.2, 0.25) is 0 Å². The van der Waals surface area contributed by atoms with Gasteiger partial charge in [-0.2, -0.15) is 13.2 Å². The number of carbonyl (C=O) groups excluding carboxylic acids is 2. The fourth-order valence-corrected chi connectivity index (χ4v) is 4.53. The van der Waals surface area contributed by atoms with E-state index in [0.29, 0.717) is 28.2 Å². The Morgan fingerprint density at radius 3 is 2.36 bits per heavy atom. The number of hydrogen-bond donors (Lipinski definition) is 0. The molecule has 2 aromatic carbocycles. The highest BCUT2D eigenvalue weighted by molar-refractivity contribution is 8.18. The summed E-state index contributed by atoms with van der Waals surface area (Å²) in [5, 5.41) is -0.442. The number of rotatable bonds is 4. The third-order valence-corrected chi connectivity index (χ3v) is 6.22. The maximum Gasteiger partial charge on any atom is 0.416 e. The van der Waals surface area contributed by atoms with E-state index in [0.717, 1.165) is 28.8 Å². The zero-order valence-electron chi connectivity index (χ0n) is 17.6. The van der Waals surface area contributed by atoms with E-state index in [1.54, 1.807) is 36.6 Å². The van der Waals surface area contributed by atoms with Crippen LogP contribution in [0.25, 0.3) is 11.8 Å². The van der Waals surface area contributed by atoms with Gasteiger partial charge in [0.25, 0.3) is 11.1 Å². The van der Waals surface area contributed by atoms with Crippen LogP contribution in [0, 0.1) is 19.7 Å². The van der Waals surface area contributed by atoms with Gasteiger partial charge in [0.2, 0.25) is 0 Å². The molecule has 1 aliphatic heterocycles. The maximum absolute atomic E-state index is 13.1. The molecule has 1 fully saturated rings. The van der Waals surface area contributed by atoms with Crippen LogP contribution >= 0.6 is 11.8 Å². The highest BCUT2D eigenvalue weighted by Gasteiger charge is 2.35. The van der Waals surface area contributed by atoms with Gasteiger partial charge in [0.05, 0.1) is 17.0 Å². The Balaban J connectivity index is 1.63. The molecule has 0 atom stereocenters. The number of aromatic nitrogens is 1. The highest BCUT2D eigenvalue weighted by atomic mass is 32.2. The Labute approximate surface area is 191 Å². The van der Waals surface area contributed by atoms with Gasteiger partial charge in [-0.1, -0.05) is 18.2 Å². The van der Waals surface area contributed by atoms with E-state index < -0.39 is 28.7 Å². The topological polar surface area (TPSA) is 42.3 Å². The molecular weight excluding hydrogens is 456 g/mol. The molecule has 0 saturated carbocycles. The van der Waals surface area contributed by atoms with Crippen LogP contribution in [-0.2, 0) is 17.5 Å². The summed E-state index contributed by atoms with van der Waals surface area (Å²) in [6.07, 6.45) is -2.89. The summed E-state index contributed by atoms with van der Waals surface area (Å²) in [6.45, 7) is 3.51. The summed E-state index contributed by atoms with van der Waals surface area (Å²) in [5.41, 5.74) is 2.15. The van der Waals surface area contributed by atoms with Gasteiger partial charge < -0.3 is 4.57 Å². The molecule has 0 bridgehead atoms. The molecule has 1 saturated heterocycles. The van der Waals surface area contributed by atoms with E-state index in [-0.39, 0.29) is 11.4 Å². The molecule has 1 aromatic heterocycles. The third kappa shape index (κ3) is 4.59. The third-order valence-electron chi connectivity index (χ3n) is 5.32. The second-order valence-electron chi connectivity index (χ2n) is 7.60. The van der Waals surface area contributed by atoms with Crippen LogP contribution in [0.4, 0.5) is 22.4 Å². The molecule has 4 nitrogen and oxygen atoms in total. The molecule has 9 heteroatoms. The number of nitrogens with zero attached hydrogens (tertiary/aromatic N) is 2. The number of thioether (sulfide) groups is 1. The van der Waals surface area contributed by atoms with Crippen molar-refractivity contribution >= 4 is 29.0 Å². The lowest BCUT2D eigenvalue weighted by atomic mass is 10.2. The average Bonchev–Trinajstić information content (AvgIpc) is 3.18. The van der Waals surface area contributed by atoms with Gasteiger partial charge in [-0.15, -0.1) is 0 Å². The van der Waals surface area contributed by atoms with Gasteiger partial charge in [-0.3, -0.25) is 14.5 Å². The number of hydrogen-bond acceptors (Lipinski definition) is 3. The van der Waals surface area contributed by atoms with Crippen LogP contribution in [0.5, 0.6) is 0 Å². The van der Waals surface area contributed by atoms with Crippen molar-refractivity contribution in [2.75, 3.05) is 0 Å². The summed E-state index contributed by atoms with van der Waals surface area (Å²) >= 11 is 0.791.